The van der Waals surface area contributed by atoms with E-state index in [-0.39, 0.29) is 17.1 Å². The first-order valence-corrected chi connectivity index (χ1v) is 11.4. The zero-order valence-corrected chi connectivity index (χ0v) is 18.6. The van der Waals surface area contributed by atoms with E-state index in [1.165, 1.54) is 12.1 Å². The molecule has 2 aromatic carbocycles. The van der Waals surface area contributed by atoms with Gasteiger partial charge in [0.2, 0.25) is 15.9 Å². The molecule has 0 fully saturated rings. The Bertz CT molecular complexity index is 1240. The predicted molar refractivity (Wildman–Crippen MR) is 122 cm³/mol. The largest absolute Gasteiger partial charge is 0.307 e. The Hall–Kier alpha value is -3.14. The van der Waals surface area contributed by atoms with Gasteiger partial charge in [-0.25, -0.2) is 18.5 Å². The molecule has 0 aliphatic carbocycles. The van der Waals surface area contributed by atoms with Gasteiger partial charge in [0, 0.05) is 28.7 Å². The van der Waals surface area contributed by atoms with E-state index in [0.29, 0.717) is 16.9 Å². The number of ketones is 1. The minimum absolute atomic E-state index is 0.0352. The van der Waals surface area contributed by atoms with Crippen molar-refractivity contribution in [1.29, 1.82) is 0 Å². The van der Waals surface area contributed by atoms with Gasteiger partial charge in [0.1, 0.15) is 5.82 Å². The summed E-state index contributed by atoms with van der Waals surface area (Å²) in [5.41, 5.74) is 1.88. The van der Waals surface area contributed by atoms with E-state index in [9.17, 15) is 18.0 Å². The molecule has 3 aromatic rings. The molecule has 0 spiro atoms. The normalized spacial score (nSPS) is 11.4. The van der Waals surface area contributed by atoms with Gasteiger partial charge in [0.05, 0.1) is 4.90 Å². The number of anilines is 1. The molecule has 0 aliphatic heterocycles. The van der Waals surface area contributed by atoms with Gasteiger partial charge in [0.25, 0.3) is 0 Å². The standard InChI is InChI=1S/C22H18BrN3O4S/c23-17-9-11-21(25-14-17)26-22(28)12-10-18(27)13-15-5-7-16(8-6-15)19-3-1-2-4-20(19)31(24,29)30/h1-12,14H,13H2,(H2,24,29,30)(H,25,26,28)/b12-10-. The Labute approximate surface area is 188 Å². The molecular weight excluding hydrogens is 482 g/mol. The first kappa shape index (κ1) is 22.5. The molecule has 3 rings (SSSR count). The van der Waals surface area contributed by atoms with Crippen LogP contribution < -0.4 is 10.5 Å². The number of hydrogen-bond acceptors (Lipinski definition) is 5. The molecule has 0 aliphatic rings. The average Bonchev–Trinajstić information content (AvgIpc) is 2.74. The van der Waals surface area contributed by atoms with Crippen molar-refractivity contribution in [3.63, 3.8) is 0 Å². The number of nitrogens with zero attached hydrogens (tertiary/aromatic N) is 1. The van der Waals surface area contributed by atoms with E-state index in [0.717, 1.165) is 16.1 Å². The third kappa shape index (κ3) is 6.42. The highest BCUT2D eigenvalue weighted by Crippen LogP contribution is 2.26. The molecular formula is C22H18BrN3O4S. The number of hydrogen-bond donors (Lipinski definition) is 2. The summed E-state index contributed by atoms with van der Waals surface area (Å²) in [4.78, 5) is 28.1. The highest BCUT2D eigenvalue weighted by molar-refractivity contribution is 9.10. The lowest BCUT2D eigenvalue weighted by molar-refractivity contribution is -0.115. The first-order valence-electron chi connectivity index (χ1n) is 9.07. The molecule has 3 N–H and O–H groups in total. The number of nitrogens with two attached hydrogens (primary N) is 1. The van der Waals surface area contributed by atoms with Crippen LogP contribution in [0.4, 0.5) is 5.82 Å². The van der Waals surface area contributed by atoms with Crippen LogP contribution in [-0.2, 0) is 26.0 Å². The van der Waals surface area contributed by atoms with E-state index in [4.69, 9.17) is 5.14 Å². The monoisotopic (exact) mass is 499 g/mol. The molecule has 0 radical (unpaired) electrons. The number of aromatic nitrogens is 1. The number of carbonyl (C=O) groups is 2. The number of pyridine rings is 1. The number of primary sulfonamides is 1. The summed E-state index contributed by atoms with van der Waals surface area (Å²) >= 11 is 3.26. The van der Waals surface area contributed by atoms with Gasteiger partial charge in [-0.15, -0.1) is 0 Å². The van der Waals surface area contributed by atoms with Crippen molar-refractivity contribution in [3.8, 4) is 11.1 Å². The maximum atomic E-state index is 12.2. The van der Waals surface area contributed by atoms with Gasteiger partial charge in [-0.3, -0.25) is 9.59 Å². The summed E-state index contributed by atoms with van der Waals surface area (Å²) in [6.07, 6.45) is 4.01. The molecule has 0 unspecified atom stereocenters. The van der Waals surface area contributed by atoms with Gasteiger partial charge in [0.15, 0.2) is 5.78 Å². The van der Waals surface area contributed by atoms with Crippen LogP contribution in [-0.4, -0.2) is 25.1 Å². The maximum absolute atomic E-state index is 12.2. The third-order valence-electron chi connectivity index (χ3n) is 4.24. The second kappa shape index (κ2) is 9.78. The summed E-state index contributed by atoms with van der Waals surface area (Å²) in [5.74, 6) is -0.338. The predicted octanol–water partition coefficient (Wildman–Crippen LogP) is 3.47. The van der Waals surface area contributed by atoms with Gasteiger partial charge < -0.3 is 5.32 Å². The number of carbonyl (C=O) groups excluding carboxylic acids is 2. The van der Waals surface area contributed by atoms with Crippen LogP contribution in [0, 0.1) is 0 Å². The van der Waals surface area contributed by atoms with Crippen LogP contribution in [0.5, 0.6) is 0 Å². The lowest BCUT2D eigenvalue weighted by Gasteiger charge is -2.08. The highest BCUT2D eigenvalue weighted by atomic mass is 79.9. The van der Waals surface area contributed by atoms with Crippen molar-refractivity contribution in [2.24, 2.45) is 5.14 Å². The van der Waals surface area contributed by atoms with Crippen LogP contribution in [0.3, 0.4) is 0 Å². The molecule has 31 heavy (non-hydrogen) atoms. The molecule has 1 amide bonds. The van der Waals surface area contributed by atoms with Gasteiger partial charge in [-0.2, -0.15) is 0 Å². The molecule has 1 aromatic heterocycles. The number of amides is 1. The van der Waals surface area contributed by atoms with Crippen molar-refractivity contribution in [2.45, 2.75) is 11.3 Å². The minimum atomic E-state index is -3.86. The lowest BCUT2D eigenvalue weighted by atomic mass is 10.0. The van der Waals surface area contributed by atoms with E-state index in [1.807, 2.05) is 0 Å². The molecule has 0 atom stereocenters. The van der Waals surface area contributed by atoms with Gasteiger partial charge >= 0.3 is 0 Å². The third-order valence-corrected chi connectivity index (χ3v) is 5.67. The number of nitrogens with one attached hydrogen (secondary N) is 1. The molecule has 1 heterocycles. The van der Waals surface area contributed by atoms with Crippen LogP contribution in [0.2, 0.25) is 0 Å². The number of benzene rings is 2. The van der Waals surface area contributed by atoms with Crippen molar-refractivity contribution < 1.29 is 18.0 Å². The highest BCUT2D eigenvalue weighted by Gasteiger charge is 2.14. The van der Waals surface area contributed by atoms with E-state index in [1.54, 1.807) is 60.8 Å². The number of sulfonamides is 1. The zero-order valence-electron chi connectivity index (χ0n) is 16.2. The van der Waals surface area contributed by atoms with Crippen molar-refractivity contribution in [3.05, 3.63) is 89.0 Å². The quantitative estimate of drug-likeness (QED) is 0.482. The summed E-state index contributed by atoms with van der Waals surface area (Å²) in [7, 11) is -3.86. The van der Waals surface area contributed by atoms with E-state index in [2.05, 4.69) is 26.2 Å². The van der Waals surface area contributed by atoms with Crippen molar-refractivity contribution in [2.75, 3.05) is 5.32 Å². The maximum Gasteiger partial charge on any atom is 0.249 e. The number of rotatable bonds is 7. The molecule has 0 saturated carbocycles. The molecule has 0 bridgehead atoms. The Morgan fingerprint density at radius 1 is 1.00 bits per heavy atom. The number of halogens is 1. The Kier molecular flexibility index (Phi) is 7.11. The Balaban J connectivity index is 1.63. The molecule has 158 valence electrons. The Morgan fingerprint density at radius 2 is 1.71 bits per heavy atom. The summed E-state index contributed by atoms with van der Waals surface area (Å²) < 4.78 is 24.4. The fraction of sp³-hybridized carbons (Fsp3) is 0.0455. The van der Waals surface area contributed by atoms with Crippen molar-refractivity contribution in [1.82, 2.24) is 4.98 Å². The van der Waals surface area contributed by atoms with Gasteiger partial charge in [-0.1, -0.05) is 42.5 Å². The zero-order chi connectivity index (χ0) is 22.4. The minimum Gasteiger partial charge on any atom is -0.307 e. The summed E-state index contributed by atoms with van der Waals surface area (Å²) in [6, 6.07) is 16.7. The number of allylic oxidation sites excluding steroid dienone is 1. The fourth-order valence-corrected chi connectivity index (χ4v) is 3.80. The average molecular weight is 500 g/mol. The van der Waals surface area contributed by atoms with Crippen LogP contribution >= 0.6 is 15.9 Å². The smallest absolute Gasteiger partial charge is 0.249 e. The fourth-order valence-electron chi connectivity index (χ4n) is 2.80. The van der Waals surface area contributed by atoms with Gasteiger partial charge in [-0.05, 0) is 51.3 Å². The van der Waals surface area contributed by atoms with Crippen LogP contribution in [0.1, 0.15) is 5.56 Å². The van der Waals surface area contributed by atoms with Crippen LogP contribution in [0.25, 0.3) is 11.1 Å². The summed E-state index contributed by atoms with van der Waals surface area (Å²) in [6.45, 7) is 0. The van der Waals surface area contributed by atoms with Crippen molar-refractivity contribution >= 4 is 43.5 Å². The second-order valence-corrected chi connectivity index (χ2v) is 9.01. The molecule has 7 nitrogen and oxygen atoms in total. The van der Waals surface area contributed by atoms with E-state index >= 15 is 0 Å². The lowest BCUT2D eigenvalue weighted by Crippen LogP contribution is -2.13. The van der Waals surface area contributed by atoms with E-state index < -0.39 is 15.9 Å². The topological polar surface area (TPSA) is 119 Å². The second-order valence-electron chi connectivity index (χ2n) is 6.57. The first-order chi connectivity index (χ1) is 14.7. The molecule has 0 saturated heterocycles. The van der Waals surface area contributed by atoms with Crippen LogP contribution in [0.15, 0.2) is 88.4 Å². The summed E-state index contributed by atoms with van der Waals surface area (Å²) in [5, 5.41) is 7.85. The molecule has 9 heteroatoms. The Morgan fingerprint density at radius 3 is 2.35 bits per heavy atom. The SMILES string of the molecule is NS(=O)(=O)c1ccccc1-c1ccc(CC(=O)/C=C\C(=O)Nc2ccc(Br)cn2)cc1.